The van der Waals surface area contributed by atoms with Crippen LogP contribution in [0, 0.1) is 6.92 Å². The molecule has 0 aromatic heterocycles. The zero-order chi connectivity index (χ0) is 22.5. The Morgan fingerprint density at radius 1 is 1.00 bits per heavy atom. The van der Waals surface area contributed by atoms with Crippen molar-refractivity contribution in [3.8, 4) is 0 Å². The third-order valence-electron chi connectivity index (χ3n) is 6.30. The molecule has 31 heavy (non-hydrogen) atoms. The normalized spacial score (nSPS) is 22.1. The molecule has 0 aliphatic carbocycles. The van der Waals surface area contributed by atoms with Crippen molar-refractivity contribution in [1.29, 1.82) is 0 Å². The first kappa shape index (κ1) is 24.6. The number of hydrogen-bond donors (Lipinski definition) is 1. The molecule has 0 amide bonds. The highest BCUT2D eigenvalue weighted by Gasteiger charge is 2.30. The zero-order valence-electron chi connectivity index (χ0n) is 18.7. The van der Waals surface area contributed by atoms with E-state index in [1.165, 1.54) is 15.0 Å². The standard InChI is InChI=1S/C21H36N4O4S2/c1-19-6-8-21(9-7-19)31(28,29)25(16-15-23-12-4-3-5-20(23)2)17-18-30(26,27)24-13-10-22-11-14-24/h6-9,20,22H,3-5,10-18H2,1-2H3/t20-/m0/s1. The van der Waals surface area contributed by atoms with E-state index >= 15 is 0 Å². The van der Waals surface area contributed by atoms with Gasteiger partial charge in [0, 0.05) is 51.9 Å². The smallest absolute Gasteiger partial charge is 0.243 e. The molecule has 2 aliphatic heterocycles. The van der Waals surface area contributed by atoms with Crippen molar-refractivity contribution in [2.45, 2.75) is 44.0 Å². The molecule has 0 unspecified atom stereocenters. The molecule has 0 bridgehead atoms. The molecular formula is C21H36N4O4S2. The van der Waals surface area contributed by atoms with Crippen molar-refractivity contribution in [1.82, 2.24) is 18.8 Å². The second-order valence-corrected chi connectivity index (χ2v) is 12.6. The molecule has 8 nitrogen and oxygen atoms in total. The van der Waals surface area contributed by atoms with Gasteiger partial charge in [0.05, 0.1) is 10.6 Å². The second kappa shape index (κ2) is 10.7. The summed E-state index contributed by atoms with van der Waals surface area (Å²) in [6.45, 7) is 8.01. The van der Waals surface area contributed by atoms with Crippen LogP contribution in [-0.4, -0.2) is 94.5 Å². The molecule has 0 saturated carbocycles. The van der Waals surface area contributed by atoms with Crippen molar-refractivity contribution in [3.05, 3.63) is 29.8 Å². The summed E-state index contributed by atoms with van der Waals surface area (Å²) in [6.07, 6.45) is 3.43. The molecule has 2 fully saturated rings. The van der Waals surface area contributed by atoms with Gasteiger partial charge in [-0.3, -0.25) is 4.90 Å². The highest BCUT2D eigenvalue weighted by atomic mass is 32.2. The van der Waals surface area contributed by atoms with Crippen LogP contribution in [0.1, 0.15) is 31.7 Å². The number of nitrogens with zero attached hydrogens (tertiary/aromatic N) is 3. The summed E-state index contributed by atoms with van der Waals surface area (Å²) in [7, 11) is -7.29. The predicted octanol–water partition coefficient (Wildman–Crippen LogP) is 1.10. The molecule has 3 rings (SSSR count). The maximum Gasteiger partial charge on any atom is 0.243 e. The van der Waals surface area contributed by atoms with E-state index in [9.17, 15) is 16.8 Å². The Kier molecular flexibility index (Phi) is 8.51. The zero-order valence-corrected chi connectivity index (χ0v) is 20.3. The van der Waals surface area contributed by atoms with E-state index in [1.54, 1.807) is 24.3 Å². The van der Waals surface area contributed by atoms with Crippen LogP contribution < -0.4 is 5.32 Å². The molecule has 1 N–H and O–H groups in total. The van der Waals surface area contributed by atoms with Gasteiger partial charge in [-0.25, -0.2) is 16.8 Å². The summed E-state index contributed by atoms with van der Waals surface area (Å²) < 4.78 is 55.2. The van der Waals surface area contributed by atoms with Crippen LogP contribution in [0.15, 0.2) is 29.2 Å². The van der Waals surface area contributed by atoms with Crippen molar-refractivity contribution < 1.29 is 16.8 Å². The molecule has 0 spiro atoms. The van der Waals surface area contributed by atoms with Gasteiger partial charge in [0.2, 0.25) is 20.0 Å². The SMILES string of the molecule is Cc1ccc(S(=O)(=O)N(CCN2CCCC[C@@H]2C)CCS(=O)(=O)N2CCNCC2)cc1. The molecule has 2 saturated heterocycles. The second-order valence-electron chi connectivity index (χ2n) is 8.56. The van der Waals surface area contributed by atoms with Gasteiger partial charge in [-0.1, -0.05) is 24.1 Å². The molecule has 2 heterocycles. The molecular weight excluding hydrogens is 436 g/mol. The Morgan fingerprint density at radius 2 is 1.68 bits per heavy atom. The number of piperidine rings is 1. The molecule has 1 atom stereocenters. The van der Waals surface area contributed by atoms with Crippen LogP contribution in [0.2, 0.25) is 0 Å². The van der Waals surface area contributed by atoms with Crippen LogP contribution in [0.5, 0.6) is 0 Å². The number of aryl methyl sites for hydroxylation is 1. The maximum atomic E-state index is 13.4. The number of rotatable bonds is 9. The van der Waals surface area contributed by atoms with Crippen LogP contribution >= 0.6 is 0 Å². The lowest BCUT2D eigenvalue weighted by atomic mass is 10.0. The first-order valence-electron chi connectivity index (χ1n) is 11.2. The summed E-state index contributed by atoms with van der Waals surface area (Å²) in [5, 5.41) is 3.14. The average molecular weight is 473 g/mol. The summed E-state index contributed by atoms with van der Waals surface area (Å²) in [5.41, 5.74) is 0.980. The fourth-order valence-corrected chi connectivity index (χ4v) is 7.21. The molecule has 2 aliphatic rings. The number of likely N-dealkylation sites (tertiary alicyclic amines) is 1. The highest BCUT2D eigenvalue weighted by Crippen LogP contribution is 2.20. The Bertz CT molecular complexity index is 913. The van der Waals surface area contributed by atoms with Crippen LogP contribution in [0.3, 0.4) is 0 Å². The monoisotopic (exact) mass is 472 g/mol. The lowest BCUT2D eigenvalue weighted by molar-refractivity contribution is 0.152. The van der Waals surface area contributed by atoms with Crippen LogP contribution in [0.4, 0.5) is 0 Å². The van der Waals surface area contributed by atoms with E-state index in [0.717, 1.165) is 24.9 Å². The van der Waals surface area contributed by atoms with Crippen molar-refractivity contribution in [2.75, 3.05) is 58.1 Å². The first-order chi connectivity index (χ1) is 14.7. The lowest BCUT2D eigenvalue weighted by Crippen LogP contribution is -2.49. The predicted molar refractivity (Wildman–Crippen MR) is 123 cm³/mol. The van der Waals surface area contributed by atoms with Crippen molar-refractivity contribution in [2.24, 2.45) is 0 Å². The number of sulfonamides is 2. The number of benzene rings is 1. The Hall–Kier alpha value is -1.04. The summed E-state index contributed by atoms with van der Waals surface area (Å²) in [6, 6.07) is 7.17. The molecule has 1 aromatic carbocycles. The third-order valence-corrected chi connectivity index (χ3v) is 10.1. The summed E-state index contributed by atoms with van der Waals surface area (Å²) >= 11 is 0. The van der Waals surface area contributed by atoms with Gasteiger partial charge in [0.25, 0.3) is 0 Å². The Morgan fingerprint density at radius 3 is 2.32 bits per heavy atom. The summed E-state index contributed by atoms with van der Waals surface area (Å²) in [4.78, 5) is 2.52. The van der Waals surface area contributed by atoms with Crippen molar-refractivity contribution >= 4 is 20.0 Å². The van der Waals surface area contributed by atoms with Gasteiger partial charge < -0.3 is 5.32 Å². The summed E-state index contributed by atoms with van der Waals surface area (Å²) in [5.74, 6) is -0.201. The van der Waals surface area contributed by atoms with Gasteiger partial charge in [0.15, 0.2) is 0 Å². The van der Waals surface area contributed by atoms with Crippen LogP contribution in [-0.2, 0) is 20.0 Å². The fourth-order valence-electron chi connectivity index (χ4n) is 4.21. The largest absolute Gasteiger partial charge is 0.314 e. The maximum absolute atomic E-state index is 13.4. The first-order valence-corrected chi connectivity index (χ1v) is 14.2. The minimum Gasteiger partial charge on any atom is -0.314 e. The van der Waals surface area contributed by atoms with Gasteiger partial charge in [-0.15, -0.1) is 0 Å². The van der Waals surface area contributed by atoms with E-state index in [0.29, 0.717) is 38.8 Å². The fraction of sp³-hybridized carbons (Fsp3) is 0.714. The highest BCUT2D eigenvalue weighted by molar-refractivity contribution is 7.90. The topological polar surface area (TPSA) is 90.0 Å². The number of piperazine rings is 1. The Balaban J connectivity index is 1.75. The van der Waals surface area contributed by atoms with Crippen molar-refractivity contribution in [3.63, 3.8) is 0 Å². The molecule has 0 radical (unpaired) electrons. The van der Waals surface area contributed by atoms with E-state index in [1.807, 2.05) is 6.92 Å². The number of nitrogens with one attached hydrogen (secondary N) is 1. The van der Waals surface area contributed by atoms with E-state index < -0.39 is 20.0 Å². The van der Waals surface area contributed by atoms with Gasteiger partial charge >= 0.3 is 0 Å². The third kappa shape index (κ3) is 6.49. The van der Waals surface area contributed by atoms with Gasteiger partial charge in [0.1, 0.15) is 0 Å². The molecule has 10 heteroatoms. The average Bonchev–Trinajstić information content (AvgIpc) is 2.75. The van der Waals surface area contributed by atoms with E-state index in [-0.39, 0.29) is 23.7 Å². The number of hydrogen-bond acceptors (Lipinski definition) is 6. The van der Waals surface area contributed by atoms with E-state index in [4.69, 9.17) is 0 Å². The molecule has 176 valence electrons. The van der Waals surface area contributed by atoms with Gasteiger partial charge in [-0.2, -0.15) is 8.61 Å². The quantitative estimate of drug-likeness (QED) is 0.579. The van der Waals surface area contributed by atoms with E-state index in [2.05, 4.69) is 17.1 Å². The van der Waals surface area contributed by atoms with Gasteiger partial charge in [-0.05, 0) is 45.4 Å². The Labute approximate surface area is 187 Å². The minimum atomic E-state index is -3.78. The van der Waals surface area contributed by atoms with Crippen LogP contribution in [0.25, 0.3) is 0 Å². The molecule has 1 aromatic rings. The minimum absolute atomic E-state index is 0.0370. The lowest BCUT2D eigenvalue weighted by Gasteiger charge is -2.35.